The molecule has 178 valence electrons. The highest BCUT2D eigenvalue weighted by Crippen LogP contribution is 2.45. The van der Waals surface area contributed by atoms with Gasteiger partial charge in [0.05, 0.1) is 6.54 Å². The maximum absolute atomic E-state index is 13.7. The van der Waals surface area contributed by atoms with Gasteiger partial charge in [-0.25, -0.2) is 18.4 Å². The number of carboxylic acids is 1. The highest BCUT2D eigenvalue weighted by atomic mass is 19.3. The van der Waals surface area contributed by atoms with E-state index in [1.807, 2.05) is 48.5 Å². The van der Waals surface area contributed by atoms with Crippen LogP contribution in [0, 0.1) is 11.8 Å². The van der Waals surface area contributed by atoms with Crippen LogP contribution in [0.15, 0.2) is 48.5 Å². The number of likely N-dealkylation sites (tertiary alicyclic amines) is 1. The van der Waals surface area contributed by atoms with Crippen LogP contribution in [0.3, 0.4) is 0 Å². The van der Waals surface area contributed by atoms with Crippen LogP contribution in [-0.2, 0) is 14.3 Å². The second kappa shape index (κ2) is 8.38. The van der Waals surface area contributed by atoms with Gasteiger partial charge in [-0.15, -0.1) is 0 Å². The molecule has 1 heterocycles. The number of nitrogens with one attached hydrogen (secondary N) is 1. The normalized spacial score (nSPS) is 24.3. The summed E-state index contributed by atoms with van der Waals surface area (Å²) in [4.78, 5) is 36.9. The first-order valence-electron chi connectivity index (χ1n) is 11.2. The number of alkyl carbamates (subject to hydrolysis) is 1. The van der Waals surface area contributed by atoms with Crippen LogP contribution in [0.5, 0.6) is 0 Å². The maximum atomic E-state index is 13.7. The van der Waals surface area contributed by atoms with E-state index in [1.165, 1.54) is 0 Å². The first-order chi connectivity index (χ1) is 16.2. The number of rotatable bonds is 6. The number of amides is 2. The lowest BCUT2D eigenvalue weighted by molar-refractivity contribution is -0.148. The fourth-order valence-corrected chi connectivity index (χ4v) is 5.12. The highest BCUT2D eigenvalue weighted by Gasteiger charge is 2.54. The van der Waals surface area contributed by atoms with Crippen molar-refractivity contribution >= 4 is 18.0 Å². The van der Waals surface area contributed by atoms with Crippen molar-refractivity contribution in [2.75, 3.05) is 19.7 Å². The Morgan fingerprint density at radius 2 is 1.68 bits per heavy atom. The fraction of sp³-hybridized carbons (Fsp3) is 0.400. The molecule has 2 aliphatic carbocycles. The summed E-state index contributed by atoms with van der Waals surface area (Å²) in [7, 11) is 0. The van der Waals surface area contributed by atoms with Gasteiger partial charge in [0.2, 0.25) is 5.91 Å². The molecule has 2 aromatic carbocycles. The van der Waals surface area contributed by atoms with Gasteiger partial charge < -0.3 is 20.1 Å². The molecule has 1 saturated heterocycles. The quantitative estimate of drug-likeness (QED) is 0.674. The molecule has 2 fully saturated rings. The lowest BCUT2D eigenvalue weighted by Crippen LogP contribution is -2.42. The van der Waals surface area contributed by atoms with E-state index < -0.39 is 48.8 Å². The van der Waals surface area contributed by atoms with Crippen LogP contribution in [0.1, 0.15) is 29.9 Å². The minimum absolute atomic E-state index is 0.0711. The molecule has 1 aliphatic heterocycles. The van der Waals surface area contributed by atoms with Gasteiger partial charge in [-0.3, -0.25) is 4.79 Å². The molecule has 3 atom stereocenters. The summed E-state index contributed by atoms with van der Waals surface area (Å²) in [6.45, 7) is -0.559. The predicted molar refractivity (Wildman–Crippen MR) is 117 cm³/mol. The van der Waals surface area contributed by atoms with Crippen molar-refractivity contribution in [3.8, 4) is 11.1 Å². The van der Waals surface area contributed by atoms with Gasteiger partial charge in [-0.05, 0) is 34.6 Å². The van der Waals surface area contributed by atoms with Crippen LogP contribution in [0.25, 0.3) is 11.1 Å². The van der Waals surface area contributed by atoms with Crippen LogP contribution < -0.4 is 5.32 Å². The molecule has 2 amide bonds. The lowest BCUT2D eigenvalue weighted by Gasteiger charge is -2.21. The molecule has 2 aromatic rings. The topological polar surface area (TPSA) is 95.9 Å². The average Bonchev–Trinajstić information content (AvgIpc) is 3.42. The largest absolute Gasteiger partial charge is 0.480 e. The van der Waals surface area contributed by atoms with E-state index in [-0.39, 0.29) is 25.0 Å². The molecular formula is C25H24F2N2O5. The number of nitrogens with zero attached hydrogens (tertiary/aromatic N) is 1. The molecule has 34 heavy (non-hydrogen) atoms. The molecule has 2 N–H and O–H groups in total. The van der Waals surface area contributed by atoms with E-state index in [1.54, 1.807) is 0 Å². The van der Waals surface area contributed by atoms with Gasteiger partial charge in [0.1, 0.15) is 12.6 Å². The van der Waals surface area contributed by atoms with Gasteiger partial charge in [0.25, 0.3) is 5.92 Å². The molecule has 3 aliphatic rings. The van der Waals surface area contributed by atoms with Crippen LogP contribution in [0.4, 0.5) is 13.6 Å². The van der Waals surface area contributed by atoms with Crippen molar-refractivity contribution in [3.05, 3.63) is 59.7 Å². The van der Waals surface area contributed by atoms with Crippen molar-refractivity contribution in [3.63, 3.8) is 0 Å². The van der Waals surface area contributed by atoms with Crippen molar-refractivity contribution in [2.24, 2.45) is 11.8 Å². The maximum Gasteiger partial charge on any atom is 0.407 e. The van der Waals surface area contributed by atoms with Crippen LogP contribution in [-0.4, -0.2) is 59.6 Å². The first-order valence-corrected chi connectivity index (χ1v) is 11.2. The van der Waals surface area contributed by atoms with Crippen molar-refractivity contribution in [2.45, 2.75) is 30.7 Å². The van der Waals surface area contributed by atoms with E-state index in [4.69, 9.17) is 4.74 Å². The zero-order valence-electron chi connectivity index (χ0n) is 18.2. The van der Waals surface area contributed by atoms with E-state index in [2.05, 4.69) is 5.32 Å². The number of halogens is 2. The number of ether oxygens (including phenoxy) is 1. The monoisotopic (exact) mass is 470 g/mol. The van der Waals surface area contributed by atoms with Crippen LogP contribution >= 0.6 is 0 Å². The number of alkyl halides is 2. The number of hydrogen-bond donors (Lipinski definition) is 2. The third-order valence-corrected chi connectivity index (χ3v) is 6.93. The summed E-state index contributed by atoms with van der Waals surface area (Å²) in [5.41, 5.74) is 4.44. The zero-order chi connectivity index (χ0) is 24.0. The molecule has 9 heteroatoms. The van der Waals surface area contributed by atoms with Crippen LogP contribution in [0.2, 0.25) is 0 Å². The van der Waals surface area contributed by atoms with E-state index in [0.717, 1.165) is 27.2 Å². The number of carbonyl (C=O) groups is 3. The number of hydrogen-bond acceptors (Lipinski definition) is 4. The molecule has 0 bridgehead atoms. The number of carboxylic acid groups (broad SMARTS) is 1. The lowest BCUT2D eigenvalue weighted by atomic mass is 9.98. The summed E-state index contributed by atoms with van der Waals surface area (Å²) in [6.07, 6.45) is -1.07. The summed E-state index contributed by atoms with van der Waals surface area (Å²) >= 11 is 0. The Hall–Kier alpha value is -3.49. The second-order valence-electron chi connectivity index (χ2n) is 9.19. The Kier molecular flexibility index (Phi) is 5.50. The zero-order valence-corrected chi connectivity index (χ0v) is 18.2. The summed E-state index contributed by atoms with van der Waals surface area (Å²) in [5, 5.41) is 11.8. The standard InChI is InChI=1S/C25H24F2N2O5/c26-25(27)10-21(23(31)32)29(13-25)22(30)19-9-14(19)11-28-24(33)34-12-20-17-7-3-1-5-15(17)16-6-2-4-8-18(16)20/h1-8,14,19-21H,9-13H2,(H,28,33)(H,31,32)/t14-,19-,21?/m0/s1. The Morgan fingerprint density at radius 3 is 2.29 bits per heavy atom. The van der Waals surface area contributed by atoms with Crippen molar-refractivity contribution in [1.29, 1.82) is 0 Å². The number of carbonyl (C=O) groups excluding carboxylic acids is 2. The van der Waals surface area contributed by atoms with E-state index >= 15 is 0 Å². The summed E-state index contributed by atoms with van der Waals surface area (Å²) in [6, 6.07) is 14.5. The van der Waals surface area contributed by atoms with Gasteiger partial charge in [-0.1, -0.05) is 48.5 Å². The highest BCUT2D eigenvalue weighted by molar-refractivity contribution is 5.88. The van der Waals surface area contributed by atoms with E-state index in [9.17, 15) is 28.3 Å². The molecule has 1 unspecified atom stereocenters. The fourth-order valence-electron chi connectivity index (χ4n) is 5.12. The Labute approximate surface area is 194 Å². The van der Waals surface area contributed by atoms with Crippen molar-refractivity contribution < 1.29 is 33.0 Å². The molecule has 1 saturated carbocycles. The minimum Gasteiger partial charge on any atom is -0.480 e. The Balaban J connectivity index is 1.13. The molecule has 5 rings (SSSR count). The third-order valence-electron chi connectivity index (χ3n) is 6.93. The average molecular weight is 470 g/mol. The third kappa shape index (κ3) is 4.10. The van der Waals surface area contributed by atoms with Gasteiger partial charge >= 0.3 is 12.1 Å². The molecular weight excluding hydrogens is 446 g/mol. The first kappa shape index (κ1) is 22.3. The Bertz CT molecular complexity index is 1110. The van der Waals surface area contributed by atoms with Crippen molar-refractivity contribution in [1.82, 2.24) is 10.2 Å². The molecule has 0 radical (unpaired) electrons. The number of fused-ring (bicyclic) bond motifs is 3. The smallest absolute Gasteiger partial charge is 0.407 e. The predicted octanol–water partition coefficient (Wildman–Crippen LogP) is 3.48. The molecule has 7 nitrogen and oxygen atoms in total. The SMILES string of the molecule is O=C(NC[C@@H]1C[C@@H]1C(=O)N1CC(F)(F)CC1C(=O)O)OCC1c2ccccc2-c2ccccc21. The second-order valence-corrected chi connectivity index (χ2v) is 9.19. The molecule has 0 aromatic heterocycles. The van der Waals surface area contributed by atoms with Gasteiger partial charge in [-0.2, -0.15) is 0 Å². The Morgan fingerprint density at radius 1 is 1.06 bits per heavy atom. The number of aliphatic carboxylic acids is 1. The molecule has 0 spiro atoms. The van der Waals surface area contributed by atoms with Gasteiger partial charge in [0, 0.05) is 24.8 Å². The number of benzene rings is 2. The van der Waals surface area contributed by atoms with E-state index in [0.29, 0.717) is 6.42 Å². The summed E-state index contributed by atoms with van der Waals surface area (Å²) < 4.78 is 32.8. The minimum atomic E-state index is -3.21. The summed E-state index contributed by atoms with van der Waals surface area (Å²) in [5.74, 6) is -6.09. The van der Waals surface area contributed by atoms with Gasteiger partial charge in [0.15, 0.2) is 0 Å².